The van der Waals surface area contributed by atoms with Crippen LogP contribution in [0.5, 0.6) is 0 Å². The minimum Gasteiger partial charge on any atom is -0.336 e. The number of carbonyl (C=O) groups is 1. The fourth-order valence-electron chi connectivity index (χ4n) is 2.11. The molecule has 1 aromatic heterocycles. The highest BCUT2D eigenvalue weighted by atomic mass is 32.2. The van der Waals surface area contributed by atoms with Gasteiger partial charge in [0.2, 0.25) is 0 Å². The zero-order chi connectivity index (χ0) is 13.3. The first-order valence-corrected chi connectivity index (χ1v) is 7.71. The van der Waals surface area contributed by atoms with Gasteiger partial charge in [-0.2, -0.15) is 5.10 Å². The summed E-state index contributed by atoms with van der Waals surface area (Å²) in [6.07, 6.45) is 0.505. The molecule has 0 unspecified atom stereocenters. The Morgan fingerprint density at radius 2 is 2.06 bits per heavy atom. The molecule has 2 rings (SSSR count). The van der Waals surface area contributed by atoms with Crippen molar-refractivity contribution in [1.82, 2.24) is 14.7 Å². The van der Waals surface area contributed by atoms with Crippen LogP contribution in [0.15, 0.2) is 6.07 Å². The molecule has 0 saturated carbocycles. The van der Waals surface area contributed by atoms with Crippen LogP contribution in [-0.2, 0) is 16.9 Å². The molecule has 1 aliphatic rings. The average molecular weight is 271 g/mol. The predicted octanol–water partition coefficient (Wildman–Crippen LogP) is -0.0108. The number of amides is 1. The van der Waals surface area contributed by atoms with E-state index in [4.69, 9.17) is 0 Å². The van der Waals surface area contributed by atoms with Gasteiger partial charge in [0, 0.05) is 20.1 Å². The number of aryl methyl sites for hydroxylation is 2. The van der Waals surface area contributed by atoms with E-state index in [9.17, 15) is 13.2 Å². The number of hydrogen-bond acceptors (Lipinski definition) is 4. The molecule has 1 fully saturated rings. The van der Waals surface area contributed by atoms with E-state index < -0.39 is 9.84 Å². The van der Waals surface area contributed by atoms with Gasteiger partial charge in [-0.3, -0.25) is 9.48 Å². The van der Waals surface area contributed by atoms with Crippen LogP contribution in [0.4, 0.5) is 0 Å². The fraction of sp³-hybridized carbons (Fsp3) is 0.636. The van der Waals surface area contributed by atoms with E-state index in [0.717, 1.165) is 5.69 Å². The van der Waals surface area contributed by atoms with Gasteiger partial charge in [-0.05, 0) is 19.4 Å². The lowest BCUT2D eigenvalue weighted by atomic mass is 10.3. The summed E-state index contributed by atoms with van der Waals surface area (Å²) in [5.41, 5.74) is 1.29. The molecule has 1 saturated heterocycles. The lowest BCUT2D eigenvalue weighted by Crippen LogP contribution is -2.34. The van der Waals surface area contributed by atoms with Crippen molar-refractivity contribution >= 4 is 15.7 Å². The maximum atomic E-state index is 12.3. The second-order valence-electron chi connectivity index (χ2n) is 4.59. The van der Waals surface area contributed by atoms with Crippen molar-refractivity contribution in [2.24, 2.45) is 7.05 Å². The molecular weight excluding hydrogens is 254 g/mol. The lowest BCUT2D eigenvalue weighted by molar-refractivity contribution is 0.0757. The Morgan fingerprint density at radius 1 is 1.33 bits per heavy atom. The van der Waals surface area contributed by atoms with E-state index in [0.29, 0.717) is 18.7 Å². The fourth-order valence-corrected chi connectivity index (χ4v) is 3.39. The van der Waals surface area contributed by atoms with Crippen molar-refractivity contribution in [2.75, 3.05) is 24.6 Å². The maximum absolute atomic E-state index is 12.3. The number of rotatable bonds is 1. The molecule has 1 amide bonds. The summed E-state index contributed by atoms with van der Waals surface area (Å²) in [6, 6.07) is 1.72. The molecule has 0 spiro atoms. The Hall–Kier alpha value is -1.37. The Kier molecular flexibility index (Phi) is 3.43. The molecule has 1 aromatic rings. The molecule has 0 radical (unpaired) electrons. The molecule has 6 nitrogen and oxygen atoms in total. The van der Waals surface area contributed by atoms with Crippen LogP contribution in [0.1, 0.15) is 22.6 Å². The van der Waals surface area contributed by atoms with Gasteiger partial charge >= 0.3 is 0 Å². The van der Waals surface area contributed by atoms with Crippen molar-refractivity contribution in [3.05, 3.63) is 17.5 Å². The minimum atomic E-state index is -2.99. The average Bonchev–Trinajstić information content (AvgIpc) is 2.50. The second kappa shape index (κ2) is 4.72. The van der Waals surface area contributed by atoms with E-state index in [1.807, 2.05) is 6.92 Å². The molecule has 0 bridgehead atoms. The van der Waals surface area contributed by atoms with Crippen LogP contribution in [0, 0.1) is 6.92 Å². The molecule has 100 valence electrons. The lowest BCUT2D eigenvalue weighted by Gasteiger charge is -2.19. The Labute approximate surface area is 106 Å². The summed E-state index contributed by atoms with van der Waals surface area (Å²) in [4.78, 5) is 13.9. The highest BCUT2D eigenvalue weighted by Gasteiger charge is 2.25. The second-order valence-corrected chi connectivity index (χ2v) is 6.90. The van der Waals surface area contributed by atoms with Crippen molar-refractivity contribution in [3.8, 4) is 0 Å². The monoisotopic (exact) mass is 271 g/mol. The van der Waals surface area contributed by atoms with Gasteiger partial charge in [0.15, 0.2) is 9.84 Å². The van der Waals surface area contributed by atoms with E-state index in [2.05, 4.69) is 5.10 Å². The largest absolute Gasteiger partial charge is 0.336 e. The highest BCUT2D eigenvalue weighted by Crippen LogP contribution is 2.11. The standard InChI is InChI=1S/C11H17N3O3S/c1-9-8-10(13(2)12-9)11(15)14-4-3-6-18(16,17)7-5-14/h8H,3-7H2,1-2H3. The van der Waals surface area contributed by atoms with Gasteiger partial charge < -0.3 is 4.90 Å². The number of sulfone groups is 1. The minimum absolute atomic E-state index is 0.0512. The van der Waals surface area contributed by atoms with E-state index in [-0.39, 0.29) is 24.0 Å². The Balaban J connectivity index is 2.17. The summed E-state index contributed by atoms with van der Waals surface area (Å²) >= 11 is 0. The first kappa shape index (κ1) is 13.1. The van der Waals surface area contributed by atoms with E-state index >= 15 is 0 Å². The van der Waals surface area contributed by atoms with Crippen LogP contribution in [0.2, 0.25) is 0 Å². The topological polar surface area (TPSA) is 72.3 Å². The van der Waals surface area contributed by atoms with Crippen LogP contribution >= 0.6 is 0 Å². The number of hydrogen-bond donors (Lipinski definition) is 0. The molecule has 0 aliphatic carbocycles. The third-order valence-electron chi connectivity index (χ3n) is 3.06. The molecule has 18 heavy (non-hydrogen) atoms. The molecule has 0 aromatic carbocycles. The van der Waals surface area contributed by atoms with Gasteiger partial charge in [-0.15, -0.1) is 0 Å². The molecule has 0 atom stereocenters. The van der Waals surface area contributed by atoms with E-state index in [1.165, 1.54) is 4.68 Å². The Morgan fingerprint density at radius 3 is 2.67 bits per heavy atom. The smallest absolute Gasteiger partial charge is 0.272 e. The van der Waals surface area contributed by atoms with Gasteiger partial charge in [0.05, 0.1) is 17.2 Å². The molecule has 0 N–H and O–H groups in total. The van der Waals surface area contributed by atoms with Crippen molar-refractivity contribution in [1.29, 1.82) is 0 Å². The van der Waals surface area contributed by atoms with Crippen molar-refractivity contribution in [2.45, 2.75) is 13.3 Å². The summed E-state index contributed by atoms with van der Waals surface area (Å²) in [5.74, 6) is 0.0757. The zero-order valence-corrected chi connectivity index (χ0v) is 11.4. The Bertz CT molecular complexity index is 562. The van der Waals surface area contributed by atoms with Gasteiger partial charge in [0.25, 0.3) is 5.91 Å². The van der Waals surface area contributed by atoms with Crippen molar-refractivity contribution in [3.63, 3.8) is 0 Å². The molecule has 2 heterocycles. The third kappa shape index (κ3) is 2.72. The first-order chi connectivity index (χ1) is 8.39. The number of carbonyl (C=O) groups excluding carboxylic acids is 1. The predicted molar refractivity (Wildman–Crippen MR) is 67.1 cm³/mol. The maximum Gasteiger partial charge on any atom is 0.272 e. The molecule has 7 heteroatoms. The number of aromatic nitrogens is 2. The number of nitrogens with zero attached hydrogens (tertiary/aromatic N) is 3. The van der Waals surface area contributed by atoms with Crippen LogP contribution < -0.4 is 0 Å². The quantitative estimate of drug-likeness (QED) is 0.720. The third-order valence-corrected chi connectivity index (χ3v) is 4.78. The molecular formula is C11H17N3O3S. The van der Waals surface area contributed by atoms with E-state index in [1.54, 1.807) is 18.0 Å². The van der Waals surface area contributed by atoms with Gasteiger partial charge in [-0.1, -0.05) is 0 Å². The van der Waals surface area contributed by atoms with Crippen LogP contribution in [-0.4, -0.2) is 53.6 Å². The zero-order valence-electron chi connectivity index (χ0n) is 10.6. The summed E-state index contributed by atoms with van der Waals surface area (Å²) < 4.78 is 24.5. The van der Waals surface area contributed by atoms with Gasteiger partial charge in [0.1, 0.15) is 5.69 Å². The highest BCUT2D eigenvalue weighted by molar-refractivity contribution is 7.91. The summed E-state index contributed by atoms with van der Waals surface area (Å²) in [7, 11) is -1.27. The SMILES string of the molecule is Cc1cc(C(=O)N2CCCS(=O)(=O)CC2)n(C)n1. The van der Waals surface area contributed by atoms with Crippen molar-refractivity contribution < 1.29 is 13.2 Å². The van der Waals surface area contributed by atoms with Crippen LogP contribution in [0.3, 0.4) is 0 Å². The summed E-state index contributed by atoms with van der Waals surface area (Å²) in [5, 5.41) is 4.13. The molecule has 1 aliphatic heterocycles. The van der Waals surface area contributed by atoms with Gasteiger partial charge in [-0.25, -0.2) is 8.42 Å². The van der Waals surface area contributed by atoms with Crippen LogP contribution in [0.25, 0.3) is 0 Å². The normalized spacial score (nSPS) is 19.6. The first-order valence-electron chi connectivity index (χ1n) is 5.89. The summed E-state index contributed by atoms with van der Waals surface area (Å²) in [6.45, 7) is 2.58.